The van der Waals surface area contributed by atoms with Gasteiger partial charge in [-0.15, -0.1) is 0 Å². The second-order valence-corrected chi connectivity index (χ2v) is 7.18. The molecule has 0 aromatic rings. The van der Waals surface area contributed by atoms with E-state index in [1.807, 2.05) is 13.6 Å². The Balaban J connectivity index is 0.000000191. The third-order valence-electron chi connectivity index (χ3n) is 3.79. The fourth-order valence-corrected chi connectivity index (χ4v) is 1.91. The van der Waals surface area contributed by atoms with Crippen molar-refractivity contribution < 1.29 is 18.6 Å². The number of rotatable bonds is 0. The third-order valence-corrected chi connectivity index (χ3v) is 3.79. The van der Waals surface area contributed by atoms with E-state index >= 15 is 0 Å². The summed E-state index contributed by atoms with van der Waals surface area (Å²) in [5, 5.41) is 0. The molecule has 6 heteroatoms. The molecule has 0 unspecified atom stereocenters. The maximum Gasteiger partial charge on any atom is 0.454 e. The normalized spacial score (nSPS) is 27.8. The van der Waals surface area contributed by atoms with E-state index in [9.17, 15) is 0 Å². The van der Waals surface area contributed by atoms with Crippen molar-refractivity contribution in [3.05, 3.63) is 0 Å². The Morgan fingerprint density at radius 1 is 0.684 bits per heavy atom. The summed E-state index contributed by atoms with van der Waals surface area (Å²) in [7, 11) is -0.0666. The van der Waals surface area contributed by atoms with Crippen LogP contribution >= 0.6 is 0 Å². The average Bonchev–Trinajstić information content (AvgIpc) is 2.39. The monoisotopic (exact) mass is 270 g/mol. The van der Waals surface area contributed by atoms with Crippen molar-refractivity contribution in [1.29, 1.82) is 0 Å². The lowest BCUT2D eigenvalue weighted by Gasteiger charge is -2.32. The SMILES string of the molecule is CB1OC(C)(C)C(C)(C)O1.CB1OCC(C)(C)CO1. The van der Waals surface area contributed by atoms with Gasteiger partial charge in [-0.2, -0.15) is 0 Å². The molecule has 4 nitrogen and oxygen atoms in total. The van der Waals surface area contributed by atoms with Crippen LogP contribution in [0.4, 0.5) is 0 Å². The van der Waals surface area contributed by atoms with Crippen LogP contribution in [-0.2, 0) is 18.6 Å². The lowest BCUT2D eigenvalue weighted by atomic mass is 9.86. The molecule has 2 fully saturated rings. The third kappa shape index (κ3) is 4.78. The number of hydrogen-bond acceptors (Lipinski definition) is 4. The van der Waals surface area contributed by atoms with Crippen molar-refractivity contribution in [2.75, 3.05) is 13.2 Å². The average molecular weight is 270 g/mol. The van der Waals surface area contributed by atoms with Crippen LogP contribution in [0.5, 0.6) is 0 Å². The second kappa shape index (κ2) is 5.76. The van der Waals surface area contributed by atoms with Crippen LogP contribution in [0.2, 0.25) is 13.6 Å². The van der Waals surface area contributed by atoms with Crippen LogP contribution in [-0.4, -0.2) is 38.7 Å². The molecule has 0 N–H and O–H groups in total. The van der Waals surface area contributed by atoms with Gasteiger partial charge < -0.3 is 18.6 Å². The van der Waals surface area contributed by atoms with Crippen molar-refractivity contribution >= 4 is 14.2 Å². The molecule has 0 bridgehead atoms. The first-order valence-corrected chi connectivity index (χ1v) is 7.04. The van der Waals surface area contributed by atoms with Gasteiger partial charge in [-0.25, -0.2) is 0 Å². The van der Waals surface area contributed by atoms with Crippen LogP contribution < -0.4 is 0 Å². The van der Waals surface area contributed by atoms with Gasteiger partial charge in [-0.3, -0.25) is 0 Å². The second-order valence-electron chi connectivity index (χ2n) is 7.18. The first kappa shape index (κ1) is 17.0. The van der Waals surface area contributed by atoms with Crippen LogP contribution in [0.25, 0.3) is 0 Å². The van der Waals surface area contributed by atoms with Gasteiger partial charge in [0, 0.05) is 18.6 Å². The van der Waals surface area contributed by atoms with Crippen molar-refractivity contribution in [3.63, 3.8) is 0 Å². The zero-order chi connectivity index (χ0) is 14.9. The molecule has 0 aromatic carbocycles. The maximum atomic E-state index is 5.54. The minimum absolute atomic E-state index is 0.00183. The molecule has 0 atom stereocenters. The maximum absolute atomic E-state index is 5.54. The molecular weight excluding hydrogens is 242 g/mol. The fourth-order valence-electron chi connectivity index (χ4n) is 1.91. The molecule has 0 spiro atoms. The van der Waals surface area contributed by atoms with Crippen LogP contribution in [0.15, 0.2) is 0 Å². The Morgan fingerprint density at radius 3 is 1.26 bits per heavy atom. The van der Waals surface area contributed by atoms with Crippen LogP contribution in [0.3, 0.4) is 0 Å². The highest BCUT2D eigenvalue weighted by molar-refractivity contribution is 6.43. The zero-order valence-electron chi connectivity index (χ0n) is 13.7. The van der Waals surface area contributed by atoms with Gasteiger partial charge in [0.1, 0.15) is 0 Å². The van der Waals surface area contributed by atoms with E-state index in [2.05, 4.69) is 41.5 Å². The summed E-state index contributed by atoms with van der Waals surface area (Å²) >= 11 is 0. The Morgan fingerprint density at radius 2 is 1.05 bits per heavy atom. The molecule has 0 aliphatic carbocycles. The minimum atomic E-state index is -0.160. The number of hydrogen-bond donors (Lipinski definition) is 0. The Labute approximate surface area is 118 Å². The molecule has 2 rings (SSSR count). The van der Waals surface area contributed by atoms with Gasteiger partial charge in [0.15, 0.2) is 0 Å². The Bertz CT molecular complexity index is 279. The van der Waals surface area contributed by atoms with Crippen LogP contribution in [0, 0.1) is 5.41 Å². The van der Waals surface area contributed by atoms with Gasteiger partial charge in [0.05, 0.1) is 11.2 Å². The van der Waals surface area contributed by atoms with E-state index in [-0.39, 0.29) is 30.9 Å². The highest BCUT2D eigenvalue weighted by Crippen LogP contribution is 2.36. The summed E-state index contributed by atoms with van der Waals surface area (Å²) < 4.78 is 21.6. The van der Waals surface area contributed by atoms with E-state index in [0.29, 0.717) is 0 Å². The minimum Gasteiger partial charge on any atom is -0.411 e. The first-order chi connectivity index (χ1) is 8.45. The van der Waals surface area contributed by atoms with E-state index in [1.54, 1.807) is 0 Å². The summed E-state index contributed by atoms with van der Waals surface area (Å²) in [5.74, 6) is 0. The van der Waals surface area contributed by atoms with Crippen molar-refractivity contribution in [3.8, 4) is 0 Å². The van der Waals surface area contributed by atoms with Gasteiger partial charge in [0.25, 0.3) is 0 Å². The van der Waals surface area contributed by atoms with Crippen LogP contribution in [0.1, 0.15) is 41.5 Å². The molecule has 2 saturated heterocycles. The molecule has 0 aromatic heterocycles. The molecule has 2 aliphatic heterocycles. The summed E-state index contributed by atoms with van der Waals surface area (Å²) in [6, 6.07) is 0. The van der Waals surface area contributed by atoms with Gasteiger partial charge in [-0.1, -0.05) is 13.8 Å². The first-order valence-electron chi connectivity index (χ1n) is 7.04. The topological polar surface area (TPSA) is 36.9 Å². The van der Waals surface area contributed by atoms with Crippen molar-refractivity contribution in [2.24, 2.45) is 5.41 Å². The quantitative estimate of drug-likeness (QED) is 0.634. The van der Waals surface area contributed by atoms with E-state index in [4.69, 9.17) is 18.6 Å². The molecular formula is C13H28B2O4. The molecule has 19 heavy (non-hydrogen) atoms. The predicted molar refractivity (Wildman–Crippen MR) is 79.2 cm³/mol. The molecule has 0 radical (unpaired) electrons. The molecule has 110 valence electrons. The lowest BCUT2D eigenvalue weighted by Crippen LogP contribution is -2.41. The summed E-state index contributed by atoms with van der Waals surface area (Å²) in [6.45, 7) is 18.0. The smallest absolute Gasteiger partial charge is 0.411 e. The zero-order valence-corrected chi connectivity index (χ0v) is 13.7. The summed E-state index contributed by atoms with van der Waals surface area (Å²) in [4.78, 5) is 0. The summed E-state index contributed by atoms with van der Waals surface area (Å²) in [6.07, 6.45) is 0. The Hall–Kier alpha value is -0.0301. The molecule has 2 aliphatic rings. The van der Waals surface area contributed by atoms with E-state index < -0.39 is 0 Å². The molecule has 0 saturated carbocycles. The highest BCUT2D eigenvalue weighted by Gasteiger charge is 2.48. The molecule has 2 heterocycles. The predicted octanol–water partition coefficient (Wildman–Crippen LogP) is 2.89. The van der Waals surface area contributed by atoms with Crippen molar-refractivity contribution in [2.45, 2.75) is 66.4 Å². The van der Waals surface area contributed by atoms with E-state index in [0.717, 1.165) is 13.2 Å². The van der Waals surface area contributed by atoms with Gasteiger partial charge >= 0.3 is 14.2 Å². The van der Waals surface area contributed by atoms with Gasteiger partial charge in [0.2, 0.25) is 0 Å². The highest BCUT2D eigenvalue weighted by atomic mass is 16.7. The summed E-state index contributed by atoms with van der Waals surface area (Å²) in [5.41, 5.74) is -0.106. The largest absolute Gasteiger partial charge is 0.454 e. The molecule has 0 amide bonds. The van der Waals surface area contributed by atoms with E-state index in [1.165, 1.54) is 0 Å². The van der Waals surface area contributed by atoms with Crippen molar-refractivity contribution in [1.82, 2.24) is 0 Å². The standard InChI is InChI=1S/C7H15BO2.C6H13BO2/c1-6(2)7(3,4)10-8(5)9-6;1-6(2)4-8-7(3)9-5-6/h1-5H3;4-5H2,1-3H3. The lowest BCUT2D eigenvalue weighted by molar-refractivity contribution is 0.00578. The Kier molecular flexibility index (Phi) is 5.16. The van der Waals surface area contributed by atoms with Gasteiger partial charge in [-0.05, 0) is 41.3 Å². The fraction of sp³-hybridized carbons (Fsp3) is 1.00.